The van der Waals surface area contributed by atoms with E-state index >= 15 is 0 Å². The van der Waals surface area contributed by atoms with E-state index in [0.29, 0.717) is 5.57 Å². The summed E-state index contributed by atoms with van der Waals surface area (Å²) in [6.07, 6.45) is 11.5. The Morgan fingerprint density at radius 1 is 1.46 bits per heavy atom. The maximum Gasteiger partial charge on any atom is 0.253 e. The molecule has 0 aromatic heterocycles. The molecule has 0 saturated carbocycles. The van der Waals surface area contributed by atoms with Gasteiger partial charge in [-0.3, -0.25) is 4.79 Å². The van der Waals surface area contributed by atoms with Gasteiger partial charge in [-0.1, -0.05) is 30.4 Å². The number of allylic oxidation sites excluding steroid dienone is 6. The van der Waals surface area contributed by atoms with Crippen LogP contribution >= 0.6 is 0 Å². The van der Waals surface area contributed by atoms with Gasteiger partial charge in [0.2, 0.25) is 0 Å². The molecule has 2 aliphatic rings. The molecule has 0 bridgehead atoms. The SMILES string of the molecule is NC(=O)C1=C=CC=C2C=CC=CC12. The predicted octanol–water partition coefficient (Wildman–Crippen LogP) is 1.24. The second-order valence-electron chi connectivity index (χ2n) is 2.98. The van der Waals surface area contributed by atoms with Crippen LogP contribution in [0.25, 0.3) is 0 Å². The summed E-state index contributed by atoms with van der Waals surface area (Å²) in [6, 6.07) is 0. The summed E-state index contributed by atoms with van der Waals surface area (Å²) < 4.78 is 0. The third-order valence-corrected chi connectivity index (χ3v) is 2.15. The molecule has 0 aliphatic heterocycles. The van der Waals surface area contributed by atoms with Crippen LogP contribution in [-0.4, -0.2) is 5.91 Å². The smallest absolute Gasteiger partial charge is 0.253 e. The molecule has 2 aliphatic carbocycles. The third kappa shape index (κ3) is 1.28. The summed E-state index contributed by atoms with van der Waals surface area (Å²) in [5, 5.41) is 0. The van der Waals surface area contributed by atoms with E-state index in [-0.39, 0.29) is 5.92 Å². The van der Waals surface area contributed by atoms with Crippen molar-refractivity contribution in [1.82, 2.24) is 0 Å². The van der Waals surface area contributed by atoms with Crippen molar-refractivity contribution in [3.63, 3.8) is 0 Å². The molecule has 2 rings (SSSR count). The van der Waals surface area contributed by atoms with Gasteiger partial charge in [0, 0.05) is 5.92 Å². The van der Waals surface area contributed by atoms with E-state index in [1.807, 2.05) is 30.4 Å². The standard InChI is InChI=1S/C11H9NO/c12-11(13)10-7-3-5-8-4-1-2-6-9(8)10/h1-6,9H,(H2,12,13). The molecule has 0 aromatic carbocycles. The van der Waals surface area contributed by atoms with Crippen molar-refractivity contribution in [3.8, 4) is 0 Å². The van der Waals surface area contributed by atoms with E-state index < -0.39 is 5.91 Å². The van der Waals surface area contributed by atoms with Gasteiger partial charge < -0.3 is 5.73 Å². The first kappa shape index (κ1) is 7.84. The predicted molar refractivity (Wildman–Crippen MR) is 50.6 cm³/mol. The molecule has 1 atom stereocenters. The van der Waals surface area contributed by atoms with Gasteiger partial charge in [0.05, 0.1) is 5.57 Å². The molecular formula is C11H9NO. The molecule has 2 N–H and O–H groups in total. The Hall–Kier alpha value is -1.79. The van der Waals surface area contributed by atoms with Crippen molar-refractivity contribution in [1.29, 1.82) is 0 Å². The number of carbonyl (C=O) groups excluding carboxylic acids is 1. The van der Waals surface area contributed by atoms with Crippen molar-refractivity contribution in [2.75, 3.05) is 0 Å². The van der Waals surface area contributed by atoms with Crippen molar-refractivity contribution in [2.45, 2.75) is 0 Å². The average Bonchev–Trinajstić information content (AvgIpc) is 2.17. The Bertz CT molecular complexity index is 404. The highest BCUT2D eigenvalue weighted by atomic mass is 16.1. The first-order chi connectivity index (χ1) is 6.29. The summed E-state index contributed by atoms with van der Waals surface area (Å²) in [5.41, 5.74) is 9.74. The molecule has 2 nitrogen and oxygen atoms in total. The Kier molecular flexibility index (Phi) is 1.76. The molecule has 0 saturated heterocycles. The third-order valence-electron chi connectivity index (χ3n) is 2.15. The fraction of sp³-hybridized carbons (Fsp3) is 0.0909. The van der Waals surface area contributed by atoms with E-state index in [4.69, 9.17) is 5.73 Å². The highest BCUT2D eigenvalue weighted by molar-refractivity contribution is 5.94. The monoisotopic (exact) mass is 171 g/mol. The lowest BCUT2D eigenvalue weighted by atomic mass is 9.85. The van der Waals surface area contributed by atoms with Crippen LogP contribution in [0.1, 0.15) is 0 Å². The topological polar surface area (TPSA) is 43.1 Å². The molecule has 1 amide bonds. The minimum absolute atomic E-state index is 0.00694. The summed E-state index contributed by atoms with van der Waals surface area (Å²) in [4.78, 5) is 11.0. The van der Waals surface area contributed by atoms with E-state index in [1.165, 1.54) is 0 Å². The molecule has 0 spiro atoms. The van der Waals surface area contributed by atoms with Gasteiger partial charge in [0.1, 0.15) is 0 Å². The molecule has 2 heteroatoms. The van der Waals surface area contributed by atoms with Crippen molar-refractivity contribution in [2.24, 2.45) is 11.7 Å². The fourth-order valence-corrected chi connectivity index (χ4v) is 1.52. The molecule has 64 valence electrons. The van der Waals surface area contributed by atoms with Crippen LogP contribution < -0.4 is 5.73 Å². The lowest BCUT2D eigenvalue weighted by molar-refractivity contribution is -0.114. The Labute approximate surface area is 76.4 Å². The molecule has 0 radical (unpaired) electrons. The molecule has 13 heavy (non-hydrogen) atoms. The van der Waals surface area contributed by atoms with Crippen LogP contribution in [0.4, 0.5) is 0 Å². The maximum absolute atomic E-state index is 11.0. The zero-order valence-electron chi connectivity index (χ0n) is 7.03. The lowest BCUT2D eigenvalue weighted by Gasteiger charge is -2.18. The Morgan fingerprint density at radius 2 is 2.31 bits per heavy atom. The van der Waals surface area contributed by atoms with E-state index in [1.54, 1.807) is 6.08 Å². The van der Waals surface area contributed by atoms with Gasteiger partial charge >= 0.3 is 0 Å². The molecule has 1 unspecified atom stereocenters. The van der Waals surface area contributed by atoms with Crippen LogP contribution in [0.2, 0.25) is 0 Å². The maximum atomic E-state index is 11.0. The van der Waals surface area contributed by atoms with Crippen LogP contribution in [0, 0.1) is 5.92 Å². The van der Waals surface area contributed by atoms with Gasteiger partial charge in [-0.25, -0.2) is 0 Å². The molecule has 0 fully saturated rings. The summed E-state index contributed by atoms with van der Waals surface area (Å²) in [6.45, 7) is 0. The van der Waals surface area contributed by atoms with E-state index in [9.17, 15) is 4.79 Å². The number of amides is 1. The highest BCUT2D eigenvalue weighted by Gasteiger charge is 2.21. The van der Waals surface area contributed by atoms with Crippen LogP contribution in [0.15, 0.2) is 53.3 Å². The van der Waals surface area contributed by atoms with Crippen molar-refractivity contribution in [3.05, 3.63) is 53.3 Å². The van der Waals surface area contributed by atoms with Gasteiger partial charge in [-0.05, 0) is 11.6 Å². The number of hydrogen-bond acceptors (Lipinski definition) is 1. The van der Waals surface area contributed by atoms with Gasteiger partial charge in [-0.15, -0.1) is 5.73 Å². The zero-order chi connectivity index (χ0) is 9.26. The number of rotatable bonds is 1. The van der Waals surface area contributed by atoms with Crippen molar-refractivity contribution >= 4 is 5.91 Å². The lowest BCUT2D eigenvalue weighted by Crippen LogP contribution is -2.21. The minimum Gasteiger partial charge on any atom is -0.365 e. The molecular weight excluding hydrogens is 162 g/mol. The minimum atomic E-state index is -0.396. The van der Waals surface area contributed by atoms with Crippen LogP contribution in [0.3, 0.4) is 0 Å². The van der Waals surface area contributed by atoms with Gasteiger partial charge in [0.25, 0.3) is 5.91 Å². The molecule has 0 heterocycles. The highest BCUT2D eigenvalue weighted by Crippen LogP contribution is 2.27. The number of carbonyl (C=O) groups is 1. The van der Waals surface area contributed by atoms with Crippen molar-refractivity contribution < 1.29 is 4.79 Å². The normalized spacial score (nSPS) is 23.5. The average molecular weight is 171 g/mol. The number of nitrogens with two attached hydrogens (primary N) is 1. The summed E-state index contributed by atoms with van der Waals surface area (Å²) in [5.74, 6) is -0.390. The van der Waals surface area contributed by atoms with E-state index in [2.05, 4.69) is 5.73 Å². The zero-order valence-corrected chi connectivity index (χ0v) is 7.03. The first-order valence-corrected chi connectivity index (χ1v) is 4.10. The quantitative estimate of drug-likeness (QED) is 0.592. The number of fused-ring (bicyclic) bond motifs is 1. The van der Waals surface area contributed by atoms with Gasteiger partial charge in [-0.2, -0.15) is 0 Å². The second kappa shape index (κ2) is 2.92. The number of primary amides is 1. The second-order valence-corrected chi connectivity index (χ2v) is 2.98. The fourth-order valence-electron chi connectivity index (χ4n) is 1.52. The first-order valence-electron chi connectivity index (χ1n) is 4.10. The largest absolute Gasteiger partial charge is 0.365 e. The van der Waals surface area contributed by atoms with Crippen LogP contribution in [0.5, 0.6) is 0 Å². The summed E-state index contributed by atoms with van der Waals surface area (Å²) >= 11 is 0. The van der Waals surface area contributed by atoms with Gasteiger partial charge in [0.15, 0.2) is 0 Å². The summed E-state index contributed by atoms with van der Waals surface area (Å²) in [7, 11) is 0. The molecule has 0 aromatic rings. The number of hydrogen-bond donors (Lipinski definition) is 1. The van der Waals surface area contributed by atoms with Crippen LogP contribution in [-0.2, 0) is 4.79 Å². The Morgan fingerprint density at radius 3 is 3.08 bits per heavy atom. The Balaban J connectivity index is 2.46. The van der Waals surface area contributed by atoms with E-state index in [0.717, 1.165) is 5.57 Å².